The third kappa shape index (κ3) is 4.77. The van der Waals surface area contributed by atoms with Gasteiger partial charge in [0.25, 0.3) is 0 Å². The minimum absolute atomic E-state index is 0.00161. The van der Waals surface area contributed by atoms with Gasteiger partial charge in [-0.05, 0) is 30.0 Å². The van der Waals surface area contributed by atoms with E-state index in [0.717, 1.165) is 6.07 Å². The van der Waals surface area contributed by atoms with Gasteiger partial charge in [0.05, 0.1) is 10.6 Å². The lowest BCUT2D eigenvalue weighted by Gasteiger charge is -2.18. The highest BCUT2D eigenvalue weighted by atomic mass is 35.5. The summed E-state index contributed by atoms with van der Waals surface area (Å²) in [5.41, 5.74) is -0.125. The zero-order valence-corrected chi connectivity index (χ0v) is 13.2. The van der Waals surface area contributed by atoms with Gasteiger partial charge in [0, 0.05) is 6.54 Å². The van der Waals surface area contributed by atoms with E-state index in [0.29, 0.717) is 6.42 Å². The number of nitrogens with one attached hydrogen (secondary N) is 1. The van der Waals surface area contributed by atoms with Gasteiger partial charge in [0.15, 0.2) is 0 Å². The van der Waals surface area contributed by atoms with E-state index in [4.69, 9.17) is 16.7 Å². The van der Waals surface area contributed by atoms with Gasteiger partial charge in [-0.15, -0.1) is 0 Å². The van der Waals surface area contributed by atoms with E-state index in [9.17, 15) is 13.2 Å². The summed E-state index contributed by atoms with van der Waals surface area (Å²) in [6.45, 7) is 6.26. The van der Waals surface area contributed by atoms with Crippen molar-refractivity contribution < 1.29 is 18.3 Å². The molecule has 0 bridgehead atoms. The average Bonchev–Trinajstić information content (AvgIpc) is 2.26. The van der Waals surface area contributed by atoms with Crippen LogP contribution in [0.15, 0.2) is 23.1 Å². The fraction of sp³-hybridized carbons (Fsp3) is 0.462. The van der Waals surface area contributed by atoms with Crippen molar-refractivity contribution in [3.63, 3.8) is 0 Å². The molecule has 0 amide bonds. The standard InChI is InChI=1S/C13H18ClNO4S/c1-13(2,3)6-7-15-20(18,19)11-8-9(12(16)17)4-5-10(11)14/h4-5,8,15H,6-7H2,1-3H3,(H,16,17). The van der Waals surface area contributed by atoms with Crippen LogP contribution in [0.3, 0.4) is 0 Å². The van der Waals surface area contributed by atoms with Gasteiger partial charge in [0.2, 0.25) is 10.0 Å². The predicted molar refractivity (Wildman–Crippen MR) is 77.7 cm³/mol. The van der Waals surface area contributed by atoms with Crippen molar-refractivity contribution in [2.24, 2.45) is 5.41 Å². The minimum Gasteiger partial charge on any atom is -0.478 e. The fourth-order valence-corrected chi connectivity index (χ4v) is 3.04. The zero-order valence-electron chi connectivity index (χ0n) is 11.6. The number of carboxylic acids is 1. The summed E-state index contributed by atoms with van der Waals surface area (Å²) >= 11 is 5.84. The maximum Gasteiger partial charge on any atom is 0.335 e. The molecule has 0 heterocycles. The van der Waals surface area contributed by atoms with E-state index in [2.05, 4.69) is 4.72 Å². The van der Waals surface area contributed by atoms with Crippen molar-refractivity contribution in [2.45, 2.75) is 32.1 Å². The molecule has 0 aliphatic heterocycles. The van der Waals surface area contributed by atoms with Gasteiger partial charge in [-0.25, -0.2) is 17.9 Å². The van der Waals surface area contributed by atoms with Crippen LogP contribution >= 0.6 is 11.6 Å². The van der Waals surface area contributed by atoms with E-state index in [1.54, 1.807) is 0 Å². The third-order valence-electron chi connectivity index (χ3n) is 2.63. The Kier molecular flexibility index (Phi) is 5.18. The number of hydrogen-bond donors (Lipinski definition) is 2. The summed E-state index contributed by atoms with van der Waals surface area (Å²) in [4.78, 5) is 10.7. The molecular formula is C13H18ClNO4S. The monoisotopic (exact) mass is 319 g/mol. The van der Waals surface area contributed by atoms with Crippen LogP contribution in [0.1, 0.15) is 37.6 Å². The highest BCUT2D eigenvalue weighted by Crippen LogP contribution is 2.23. The normalized spacial score (nSPS) is 12.4. The first-order valence-corrected chi connectivity index (χ1v) is 7.91. The lowest BCUT2D eigenvalue weighted by Crippen LogP contribution is -2.27. The summed E-state index contributed by atoms with van der Waals surface area (Å²) in [7, 11) is -3.81. The molecule has 0 saturated carbocycles. The molecule has 1 rings (SSSR count). The molecule has 0 aromatic heterocycles. The summed E-state index contributed by atoms with van der Waals surface area (Å²) in [5, 5.41) is 8.89. The molecule has 1 aromatic carbocycles. The molecule has 1 aromatic rings. The Labute approximate surface area is 124 Å². The van der Waals surface area contributed by atoms with Gasteiger partial charge >= 0.3 is 5.97 Å². The molecule has 5 nitrogen and oxygen atoms in total. The number of carboxylic acid groups (broad SMARTS) is 1. The molecule has 0 radical (unpaired) electrons. The summed E-state index contributed by atoms with van der Waals surface area (Å²) < 4.78 is 26.7. The van der Waals surface area contributed by atoms with E-state index < -0.39 is 16.0 Å². The Bertz CT molecular complexity index is 605. The molecular weight excluding hydrogens is 302 g/mol. The maximum atomic E-state index is 12.1. The maximum absolute atomic E-state index is 12.1. The first-order chi connectivity index (χ1) is 9.03. The SMILES string of the molecule is CC(C)(C)CCNS(=O)(=O)c1cc(C(=O)O)ccc1Cl. The van der Waals surface area contributed by atoms with Crippen molar-refractivity contribution in [3.05, 3.63) is 28.8 Å². The molecule has 20 heavy (non-hydrogen) atoms. The zero-order chi connectivity index (χ0) is 15.6. The molecule has 0 spiro atoms. The lowest BCUT2D eigenvalue weighted by molar-refractivity contribution is 0.0696. The summed E-state index contributed by atoms with van der Waals surface area (Å²) in [6.07, 6.45) is 0.655. The fourth-order valence-electron chi connectivity index (χ4n) is 1.48. The number of halogens is 1. The first-order valence-electron chi connectivity index (χ1n) is 6.05. The van der Waals surface area contributed by atoms with Crippen LogP contribution in [0.2, 0.25) is 5.02 Å². The number of carbonyl (C=O) groups is 1. The molecule has 0 saturated heterocycles. The Morgan fingerprint density at radius 1 is 1.35 bits per heavy atom. The number of aromatic carboxylic acids is 1. The molecule has 7 heteroatoms. The van der Waals surface area contributed by atoms with Gasteiger partial charge in [-0.2, -0.15) is 0 Å². The first kappa shape index (κ1) is 16.9. The highest BCUT2D eigenvalue weighted by molar-refractivity contribution is 7.89. The van der Waals surface area contributed by atoms with Gasteiger partial charge < -0.3 is 5.11 Å². The Morgan fingerprint density at radius 3 is 2.45 bits per heavy atom. The van der Waals surface area contributed by atoms with Crippen LogP contribution in [0.25, 0.3) is 0 Å². The topological polar surface area (TPSA) is 83.5 Å². The Balaban J connectivity index is 2.97. The predicted octanol–water partition coefficient (Wildman–Crippen LogP) is 2.75. The number of sulfonamides is 1. The average molecular weight is 320 g/mol. The largest absolute Gasteiger partial charge is 0.478 e. The molecule has 0 aliphatic rings. The second kappa shape index (κ2) is 6.11. The van der Waals surface area contributed by atoms with Gasteiger partial charge in [-0.3, -0.25) is 0 Å². The van der Waals surface area contributed by atoms with E-state index in [-0.39, 0.29) is 27.4 Å². The van der Waals surface area contributed by atoms with E-state index >= 15 is 0 Å². The van der Waals surface area contributed by atoms with Crippen LogP contribution in [0, 0.1) is 5.41 Å². The van der Waals surface area contributed by atoms with Crippen molar-refractivity contribution in [2.75, 3.05) is 6.54 Å². The van der Waals surface area contributed by atoms with E-state index in [1.165, 1.54) is 12.1 Å². The third-order valence-corrected chi connectivity index (χ3v) is 4.58. The molecule has 0 aliphatic carbocycles. The van der Waals surface area contributed by atoms with Crippen LogP contribution in [-0.2, 0) is 10.0 Å². The summed E-state index contributed by atoms with van der Waals surface area (Å²) in [6, 6.07) is 3.59. The molecule has 0 fully saturated rings. The summed E-state index contributed by atoms with van der Waals surface area (Å²) in [5.74, 6) is -1.20. The highest BCUT2D eigenvalue weighted by Gasteiger charge is 2.20. The second-order valence-corrected chi connectivity index (χ2v) is 7.80. The van der Waals surface area contributed by atoms with Crippen LogP contribution in [0.4, 0.5) is 0 Å². The van der Waals surface area contributed by atoms with Crippen molar-refractivity contribution in [1.29, 1.82) is 0 Å². The molecule has 112 valence electrons. The number of hydrogen-bond acceptors (Lipinski definition) is 3. The van der Waals surface area contributed by atoms with Gasteiger partial charge in [0.1, 0.15) is 4.90 Å². The van der Waals surface area contributed by atoms with Crippen LogP contribution in [-0.4, -0.2) is 26.0 Å². The number of benzene rings is 1. The second-order valence-electron chi connectivity index (χ2n) is 5.66. The molecule has 0 atom stereocenters. The number of rotatable bonds is 5. The Morgan fingerprint density at radius 2 is 1.95 bits per heavy atom. The van der Waals surface area contributed by atoms with Crippen LogP contribution in [0.5, 0.6) is 0 Å². The van der Waals surface area contributed by atoms with Crippen molar-refractivity contribution >= 4 is 27.6 Å². The molecule has 2 N–H and O–H groups in total. The van der Waals surface area contributed by atoms with Crippen molar-refractivity contribution in [1.82, 2.24) is 4.72 Å². The minimum atomic E-state index is -3.81. The Hall–Kier alpha value is -1.11. The smallest absolute Gasteiger partial charge is 0.335 e. The van der Waals surface area contributed by atoms with E-state index in [1.807, 2.05) is 20.8 Å². The quantitative estimate of drug-likeness (QED) is 0.874. The lowest BCUT2D eigenvalue weighted by atomic mass is 9.93. The van der Waals surface area contributed by atoms with Crippen molar-refractivity contribution in [3.8, 4) is 0 Å². The molecule has 0 unspecified atom stereocenters. The van der Waals surface area contributed by atoms with Crippen LogP contribution < -0.4 is 4.72 Å². The van der Waals surface area contributed by atoms with Gasteiger partial charge in [-0.1, -0.05) is 32.4 Å².